The van der Waals surface area contributed by atoms with E-state index < -0.39 is 0 Å². The largest absolute Gasteiger partial charge is 0.385 e. The molecule has 0 aliphatic heterocycles. The van der Waals surface area contributed by atoms with Gasteiger partial charge in [-0.15, -0.1) is 0 Å². The van der Waals surface area contributed by atoms with Crippen LogP contribution in [0.15, 0.2) is 18.2 Å². The summed E-state index contributed by atoms with van der Waals surface area (Å²) in [4.78, 5) is 2.36. The highest BCUT2D eigenvalue weighted by Crippen LogP contribution is 2.19. The minimum atomic E-state index is 0.382. The van der Waals surface area contributed by atoms with E-state index in [0.29, 0.717) is 6.04 Å². The maximum absolute atomic E-state index is 5.10. The van der Waals surface area contributed by atoms with Crippen LogP contribution in [0.4, 0.5) is 0 Å². The van der Waals surface area contributed by atoms with E-state index in [1.54, 1.807) is 7.11 Å². The number of rotatable bonds is 8. The van der Waals surface area contributed by atoms with E-state index in [1.807, 2.05) is 7.05 Å². The van der Waals surface area contributed by atoms with Crippen molar-refractivity contribution in [1.82, 2.24) is 10.2 Å². The fourth-order valence-electron chi connectivity index (χ4n) is 2.36. The van der Waals surface area contributed by atoms with Crippen LogP contribution in [0.3, 0.4) is 0 Å². The Morgan fingerprint density at radius 1 is 1.32 bits per heavy atom. The molecule has 108 valence electrons. The van der Waals surface area contributed by atoms with Crippen LogP contribution < -0.4 is 5.32 Å². The van der Waals surface area contributed by atoms with Gasteiger partial charge in [-0.3, -0.25) is 0 Å². The van der Waals surface area contributed by atoms with Crippen molar-refractivity contribution in [3.63, 3.8) is 0 Å². The molecule has 0 amide bonds. The predicted molar refractivity (Wildman–Crippen MR) is 81.7 cm³/mol. The second kappa shape index (κ2) is 8.31. The summed E-state index contributed by atoms with van der Waals surface area (Å²) in [6.45, 7) is 7.25. The van der Waals surface area contributed by atoms with Crippen molar-refractivity contribution in [2.75, 3.05) is 40.9 Å². The molecule has 1 aromatic rings. The molecule has 1 atom stereocenters. The van der Waals surface area contributed by atoms with Crippen LogP contribution in [0.5, 0.6) is 0 Å². The molecule has 3 heteroatoms. The average Bonchev–Trinajstić information content (AvgIpc) is 2.39. The predicted octanol–water partition coefficient (Wildman–Crippen LogP) is 2.53. The number of aryl methyl sites for hydroxylation is 2. The van der Waals surface area contributed by atoms with Gasteiger partial charge in [0.05, 0.1) is 0 Å². The molecule has 0 saturated heterocycles. The lowest BCUT2D eigenvalue weighted by atomic mass is 9.98. The van der Waals surface area contributed by atoms with Gasteiger partial charge in [-0.25, -0.2) is 0 Å². The fourth-order valence-corrected chi connectivity index (χ4v) is 2.36. The fraction of sp³-hybridized carbons (Fsp3) is 0.625. The van der Waals surface area contributed by atoms with Crippen molar-refractivity contribution in [1.29, 1.82) is 0 Å². The van der Waals surface area contributed by atoms with Crippen molar-refractivity contribution < 1.29 is 4.74 Å². The number of hydrogen-bond donors (Lipinski definition) is 1. The van der Waals surface area contributed by atoms with Crippen molar-refractivity contribution in [3.8, 4) is 0 Å². The van der Waals surface area contributed by atoms with Gasteiger partial charge < -0.3 is 15.0 Å². The average molecular weight is 264 g/mol. The highest BCUT2D eigenvalue weighted by molar-refractivity contribution is 5.33. The Hall–Kier alpha value is -0.900. The van der Waals surface area contributed by atoms with E-state index in [-0.39, 0.29) is 0 Å². The second-order valence-corrected chi connectivity index (χ2v) is 5.31. The molecule has 0 saturated carbocycles. The molecule has 1 rings (SSSR count). The highest BCUT2D eigenvalue weighted by Gasteiger charge is 2.14. The lowest BCUT2D eigenvalue weighted by Crippen LogP contribution is -2.32. The third-order valence-electron chi connectivity index (χ3n) is 3.54. The summed E-state index contributed by atoms with van der Waals surface area (Å²) < 4.78 is 5.10. The van der Waals surface area contributed by atoms with Gasteiger partial charge in [0.1, 0.15) is 0 Å². The van der Waals surface area contributed by atoms with Gasteiger partial charge in [-0.2, -0.15) is 0 Å². The molecule has 0 bridgehead atoms. The molecule has 19 heavy (non-hydrogen) atoms. The van der Waals surface area contributed by atoms with Crippen LogP contribution in [0, 0.1) is 13.8 Å². The quantitative estimate of drug-likeness (QED) is 0.730. The van der Waals surface area contributed by atoms with Crippen LogP contribution in [0.25, 0.3) is 0 Å². The maximum Gasteiger partial charge on any atom is 0.0474 e. The molecule has 0 aliphatic rings. The van der Waals surface area contributed by atoms with Gasteiger partial charge in [0.25, 0.3) is 0 Å². The molecule has 1 aromatic carbocycles. The van der Waals surface area contributed by atoms with Gasteiger partial charge in [-0.1, -0.05) is 23.8 Å². The van der Waals surface area contributed by atoms with Gasteiger partial charge in [0.15, 0.2) is 0 Å². The lowest BCUT2D eigenvalue weighted by molar-refractivity contribution is 0.176. The van der Waals surface area contributed by atoms with E-state index in [0.717, 1.165) is 26.1 Å². The molecule has 0 spiro atoms. The Morgan fingerprint density at radius 3 is 2.68 bits per heavy atom. The zero-order chi connectivity index (χ0) is 14.3. The van der Waals surface area contributed by atoms with E-state index >= 15 is 0 Å². The van der Waals surface area contributed by atoms with Gasteiger partial charge >= 0.3 is 0 Å². The van der Waals surface area contributed by atoms with Crippen molar-refractivity contribution in [3.05, 3.63) is 34.9 Å². The number of hydrogen-bond acceptors (Lipinski definition) is 3. The Balaban J connectivity index is 2.64. The monoisotopic (exact) mass is 264 g/mol. The van der Waals surface area contributed by atoms with E-state index in [4.69, 9.17) is 4.74 Å². The van der Waals surface area contributed by atoms with E-state index in [2.05, 4.69) is 49.3 Å². The molecule has 0 fully saturated rings. The topological polar surface area (TPSA) is 24.5 Å². The summed E-state index contributed by atoms with van der Waals surface area (Å²) in [7, 11) is 5.97. The normalized spacial score (nSPS) is 12.9. The lowest BCUT2D eigenvalue weighted by Gasteiger charge is -2.25. The molecule has 0 aromatic heterocycles. The minimum Gasteiger partial charge on any atom is -0.385 e. The van der Waals surface area contributed by atoms with Crippen LogP contribution in [-0.2, 0) is 4.74 Å². The summed E-state index contributed by atoms with van der Waals surface area (Å²) in [6.07, 6.45) is 1.08. The molecular formula is C16H28N2O. The van der Waals surface area contributed by atoms with Crippen LogP contribution in [0.1, 0.15) is 29.2 Å². The van der Waals surface area contributed by atoms with Crippen molar-refractivity contribution in [2.24, 2.45) is 0 Å². The highest BCUT2D eigenvalue weighted by atomic mass is 16.5. The van der Waals surface area contributed by atoms with E-state index in [9.17, 15) is 0 Å². The number of benzene rings is 1. The van der Waals surface area contributed by atoms with Gasteiger partial charge in [-0.05, 0) is 45.5 Å². The Morgan fingerprint density at radius 2 is 2.05 bits per heavy atom. The summed E-state index contributed by atoms with van der Waals surface area (Å²) in [5.74, 6) is 0. The first-order valence-electron chi connectivity index (χ1n) is 7.00. The third kappa shape index (κ3) is 5.31. The maximum atomic E-state index is 5.10. The molecule has 1 unspecified atom stereocenters. The summed E-state index contributed by atoms with van der Waals surface area (Å²) in [6, 6.07) is 7.06. The molecule has 0 heterocycles. The molecule has 1 N–H and O–H groups in total. The Bertz CT molecular complexity index is 379. The Kier molecular flexibility index (Phi) is 7.06. The smallest absolute Gasteiger partial charge is 0.0474 e. The number of methoxy groups -OCH3 is 1. The minimum absolute atomic E-state index is 0.382. The second-order valence-electron chi connectivity index (χ2n) is 5.31. The molecule has 0 radical (unpaired) electrons. The van der Waals surface area contributed by atoms with Crippen molar-refractivity contribution >= 4 is 0 Å². The first-order chi connectivity index (χ1) is 9.08. The number of nitrogens with zero attached hydrogens (tertiary/aromatic N) is 1. The number of likely N-dealkylation sites (N-methyl/N-ethyl adjacent to an activating group) is 2. The zero-order valence-electron chi connectivity index (χ0n) is 13.0. The molecule has 3 nitrogen and oxygen atoms in total. The van der Waals surface area contributed by atoms with Crippen molar-refractivity contribution in [2.45, 2.75) is 26.3 Å². The van der Waals surface area contributed by atoms with E-state index in [1.165, 1.54) is 16.7 Å². The van der Waals surface area contributed by atoms with Crippen LogP contribution >= 0.6 is 0 Å². The van der Waals surface area contributed by atoms with Gasteiger partial charge in [0, 0.05) is 32.8 Å². The standard InChI is InChI=1S/C16H28N2O/c1-13-7-8-14(2)15(11-13)16(17-3)12-18(4)9-6-10-19-5/h7-8,11,16-17H,6,9-10,12H2,1-5H3. The first kappa shape index (κ1) is 16.2. The van der Waals surface area contributed by atoms with Gasteiger partial charge in [0.2, 0.25) is 0 Å². The summed E-state index contributed by atoms with van der Waals surface area (Å²) in [5.41, 5.74) is 4.08. The SMILES string of the molecule is CNC(CN(C)CCCOC)c1cc(C)ccc1C. The van der Waals surface area contributed by atoms with Crippen LogP contribution in [-0.4, -0.2) is 45.8 Å². The Labute approximate surface area is 118 Å². The molecule has 0 aliphatic carbocycles. The number of ether oxygens (including phenoxy) is 1. The van der Waals surface area contributed by atoms with Crippen LogP contribution in [0.2, 0.25) is 0 Å². The first-order valence-corrected chi connectivity index (χ1v) is 7.00. The third-order valence-corrected chi connectivity index (χ3v) is 3.54. The zero-order valence-corrected chi connectivity index (χ0v) is 13.0. The summed E-state index contributed by atoms with van der Waals surface area (Å²) in [5, 5.41) is 3.43. The molecular weight excluding hydrogens is 236 g/mol. The number of nitrogens with one attached hydrogen (secondary N) is 1. The summed E-state index contributed by atoms with van der Waals surface area (Å²) >= 11 is 0.